The average Bonchev–Trinajstić information content (AvgIpc) is 2.55. The molecule has 0 spiro atoms. The fraction of sp³-hybridized carbons (Fsp3) is 0.714. The Kier molecular flexibility index (Phi) is 10.5. The minimum absolute atomic E-state index is 1.06. The van der Waals surface area contributed by atoms with E-state index < -0.39 is 18.4 Å². The molecule has 0 aliphatic carbocycles. The first-order valence-corrected chi connectivity index (χ1v) is 17.3. The van der Waals surface area contributed by atoms with Gasteiger partial charge in [-0.2, -0.15) is 0 Å². The van der Waals surface area contributed by atoms with Crippen molar-refractivity contribution in [1.82, 2.24) is 4.90 Å². The van der Waals surface area contributed by atoms with Crippen LogP contribution in [0.2, 0.25) is 13.3 Å². The van der Waals surface area contributed by atoms with Crippen LogP contribution in [0.25, 0.3) is 0 Å². The molecule has 1 rings (SSSR count). The summed E-state index contributed by atoms with van der Waals surface area (Å²) >= 11 is -2.19. The van der Waals surface area contributed by atoms with Crippen LogP contribution in [-0.4, -0.2) is 37.4 Å². The quantitative estimate of drug-likeness (QED) is 0.383. The third-order valence-corrected chi connectivity index (χ3v) is 20.8. The molecule has 1 nitrogen and oxygen atoms in total. The van der Waals surface area contributed by atoms with Gasteiger partial charge < -0.3 is 0 Å². The van der Waals surface area contributed by atoms with Gasteiger partial charge in [0.25, 0.3) is 0 Å². The van der Waals surface area contributed by atoms with Crippen LogP contribution in [0.15, 0.2) is 24.3 Å². The van der Waals surface area contributed by atoms with Crippen LogP contribution in [0.5, 0.6) is 0 Å². The zero-order valence-electron chi connectivity index (χ0n) is 16.3. The summed E-state index contributed by atoms with van der Waals surface area (Å²) in [6.07, 6.45) is 8.41. The van der Waals surface area contributed by atoms with Crippen molar-refractivity contribution >= 4 is 22.0 Å². The standard InChI is InChI=1S/C9H12N.3C4H9.Sn/c1-10(2)8-9-6-4-3-5-7-9;3*1-3-4-2;/h4-7H,8H2,1-2H3;3*1,3-4H2,2H3;. The van der Waals surface area contributed by atoms with Gasteiger partial charge in [-0.1, -0.05) is 0 Å². The van der Waals surface area contributed by atoms with Crippen LogP contribution < -0.4 is 3.58 Å². The van der Waals surface area contributed by atoms with E-state index in [1.165, 1.54) is 44.1 Å². The molecule has 1 aromatic carbocycles. The Balaban J connectivity index is 3.02. The van der Waals surface area contributed by atoms with Crippen molar-refractivity contribution in [3.05, 3.63) is 29.8 Å². The molecule has 2 heteroatoms. The molecule has 0 saturated carbocycles. The molecule has 0 fully saturated rings. The number of hydrogen-bond donors (Lipinski definition) is 0. The molecule has 0 amide bonds. The predicted molar refractivity (Wildman–Crippen MR) is 108 cm³/mol. The SMILES string of the molecule is CCC[CH2][Sn]([CH2]CCC)([CH2]CCC)[c]1ccc(CN(C)C)cc1. The monoisotopic (exact) mass is 425 g/mol. The van der Waals surface area contributed by atoms with Crippen molar-refractivity contribution in [3.8, 4) is 0 Å². The van der Waals surface area contributed by atoms with Crippen LogP contribution in [0, 0.1) is 0 Å². The molecule has 0 atom stereocenters. The van der Waals surface area contributed by atoms with Gasteiger partial charge in [0.05, 0.1) is 0 Å². The molecule has 0 bridgehead atoms. The van der Waals surface area contributed by atoms with Gasteiger partial charge in [-0.15, -0.1) is 0 Å². The maximum atomic E-state index is 2.52. The van der Waals surface area contributed by atoms with Crippen LogP contribution >= 0.6 is 0 Å². The summed E-state index contributed by atoms with van der Waals surface area (Å²) in [5, 5.41) is 0. The van der Waals surface area contributed by atoms with Crippen molar-refractivity contribution in [2.45, 2.75) is 79.2 Å². The van der Waals surface area contributed by atoms with E-state index in [1.807, 2.05) is 0 Å². The number of unbranched alkanes of at least 4 members (excludes halogenated alkanes) is 3. The maximum absolute atomic E-state index is 2.52. The predicted octanol–water partition coefficient (Wildman–Crippen LogP) is 5.80. The normalized spacial score (nSPS) is 12.1. The summed E-state index contributed by atoms with van der Waals surface area (Å²) in [7, 11) is 4.31. The summed E-state index contributed by atoms with van der Waals surface area (Å²) in [4.78, 5) is 2.26. The molecule has 0 saturated heterocycles. The number of nitrogens with zero attached hydrogens (tertiary/aromatic N) is 1. The van der Waals surface area contributed by atoms with E-state index in [-0.39, 0.29) is 0 Å². The second kappa shape index (κ2) is 11.5. The van der Waals surface area contributed by atoms with E-state index in [0.717, 1.165) is 6.54 Å². The Hall–Kier alpha value is -0.0213. The molecule has 0 aliphatic rings. The van der Waals surface area contributed by atoms with E-state index in [1.54, 1.807) is 16.9 Å². The molecule has 0 heterocycles. The second-order valence-electron chi connectivity index (χ2n) is 7.53. The Morgan fingerprint density at radius 1 is 0.739 bits per heavy atom. The molecule has 0 aromatic heterocycles. The van der Waals surface area contributed by atoms with Gasteiger partial charge >= 0.3 is 150 Å². The summed E-state index contributed by atoms with van der Waals surface area (Å²) < 4.78 is 6.51. The molecule has 23 heavy (non-hydrogen) atoms. The Morgan fingerprint density at radius 3 is 1.52 bits per heavy atom. The number of rotatable bonds is 12. The fourth-order valence-corrected chi connectivity index (χ4v) is 19.6. The zero-order valence-corrected chi connectivity index (χ0v) is 19.2. The molecule has 132 valence electrons. The molecule has 0 N–H and O–H groups in total. The van der Waals surface area contributed by atoms with Crippen molar-refractivity contribution in [1.29, 1.82) is 0 Å². The Bertz CT molecular complexity index is 389. The van der Waals surface area contributed by atoms with Crippen molar-refractivity contribution in [2.24, 2.45) is 0 Å². The van der Waals surface area contributed by atoms with Gasteiger partial charge in [0.2, 0.25) is 0 Å². The minimum atomic E-state index is -2.19. The third kappa shape index (κ3) is 7.17. The van der Waals surface area contributed by atoms with E-state index in [9.17, 15) is 0 Å². The van der Waals surface area contributed by atoms with E-state index in [0.29, 0.717) is 0 Å². The number of hydrogen-bond acceptors (Lipinski definition) is 1. The van der Waals surface area contributed by atoms with Crippen LogP contribution in [-0.2, 0) is 6.54 Å². The van der Waals surface area contributed by atoms with Crippen molar-refractivity contribution in [3.63, 3.8) is 0 Å². The Morgan fingerprint density at radius 2 is 1.17 bits per heavy atom. The van der Waals surface area contributed by atoms with Gasteiger partial charge in [-0.3, -0.25) is 0 Å². The van der Waals surface area contributed by atoms with Crippen LogP contribution in [0.3, 0.4) is 0 Å². The summed E-state index contributed by atoms with van der Waals surface area (Å²) in [5.74, 6) is 0. The zero-order chi connectivity index (χ0) is 17.1. The topological polar surface area (TPSA) is 3.24 Å². The first-order chi connectivity index (χ1) is 11.1. The second-order valence-corrected chi connectivity index (χ2v) is 20.8. The average molecular weight is 424 g/mol. The summed E-state index contributed by atoms with van der Waals surface area (Å²) in [6.45, 7) is 8.13. The van der Waals surface area contributed by atoms with E-state index >= 15 is 0 Å². The van der Waals surface area contributed by atoms with Gasteiger partial charge in [0.15, 0.2) is 0 Å². The Labute approximate surface area is 149 Å². The van der Waals surface area contributed by atoms with Gasteiger partial charge in [-0.25, -0.2) is 0 Å². The van der Waals surface area contributed by atoms with Crippen molar-refractivity contribution in [2.75, 3.05) is 14.1 Å². The summed E-state index contributed by atoms with van der Waals surface area (Å²) in [5.41, 5.74) is 1.46. The van der Waals surface area contributed by atoms with Crippen molar-refractivity contribution < 1.29 is 0 Å². The van der Waals surface area contributed by atoms with Gasteiger partial charge in [-0.05, 0) is 0 Å². The molecule has 0 radical (unpaired) electrons. The van der Waals surface area contributed by atoms with Gasteiger partial charge in [0.1, 0.15) is 0 Å². The molecular weight excluding hydrogens is 385 g/mol. The van der Waals surface area contributed by atoms with E-state index in [2.05, 4.69) is 64.0 Å². The first-order valence-electron chi connectivity index (χ1n) is 9.82. The molecule has 1 aromatic rings. The molecule has 0 aliphatic heterocycles. The van der Waals surface area contributed by atoms with E-state index in [4.69, 9.17) is 0 Å². The molecule has 0 unspecified atom stereocenters. The first kappa shape index (κ1) is 21.0. The summed E-state index contributed by atoms with van der Waals surface area (Å²) in [6, 6.07) is 9.86. The van der Waals surface area contributed by atoms with Crippen LogP contribution in [0.1, 0.15) is 64.9 Å². The van der Waals surface area contributed by atoms with Crippen LogP contribution in [0.4, 0.5) is 0 Å². The fourth-order valence-electron chi connectivity index (χ4n) is 3.68. The number of benzene rings is 1. The van der Waals surface area contributed by atoms with Gasteiger partial charge in [0, 0.05) is 0 Å². The third-order valence-electron chi connectivity index (χ3n) is 5.09. The molecular formula is C21H39NSn.